The summed E-state index contributed by atoms with van der Waals surface area (Å²) in [6.45, 7) is 2.19. The summed E-state index contributed by atoms with van der Waals surface area (Å²) in [5, 5.41) is 2.84. The second kappa shape index (κ2) is 5.92. The molecule has 1 aliphatic heterocycles. The van der Waals surface area contributed by atoms with E-state index in [-0.39, 0.29) is 5.91 Å². The second-order valence-corrected chi connectivity index (χ2v) is 5.23. The highest BCUT2D eigenvalue weighted by Crippen LogP contribution is 2.25. The van der Waals surface area contributed by atoms with Gasteiger partial charge in [0, 0.05) is 5.56 Å². The van der Waals surface area contributed by atoms with E-state index in [1.165, 1.54) is 18.4 Å². The van der Waals surface area contributed by atoms with Crippen LogP contribution in [0.5, 0.6) is 0 Å². The first-order chi connectivity index (χ1) is 10.3. The van der Waals surface area contributed by atoms with E-state index in [1.807, 2.05) is 36.4 Å². The molecule has 3 rings (SSSR count). The Morgan fingerprint density at radius 1 is 1.05 bits per heavy atom. The van der Waals surface area contributed by atoms with E-state index in [2.05, 4.69) is 29.4 Å². The SMILES string of the molecule is CCCCc1ccc(N=C2C(=O)Nc3ccccc32)cc1. The van der Waals surface area contributed by atoms with Crippen molar-refractivity contribution in [2.24, 2.45) is 4.99 Å². The lowest BCUT2D eigenvalue weighted by Gasteiger charge is -2.01. The number of aliphatic imine (C=N–C) groups is 1. The third-order valence-corrected chi connectivity index (χ3v) is 3.64. The number of rotatable bonds is 4. The van der Waals surface area contributed by atoms with Crippen LogP contribution in [0.1, 0.15) is 30.9 Å². The third kappa shape index (κ3) is 2.87. The van der Waals surface area contributed by atoms with Gasteiger partial charge in [0.2, 0.25) is 0 Å². The number of amides is 1. The molecule has 2 aromatic rings. The van der Waals surface area contributed by atoms with Crippen LogP contribution in [0.3, 0.4) is 0 Å². The first-order valence-electron chi connectivity index (χ1n) is 7.36. The molecule has 0 spiro atoms. The average Bonchev–Trinajstić information content (AvgIpc) is 2.83. The minimum Gasteiger partial charge on any atom is -0.320 e. The molecule has 0 aromatic heterocycles. The lowest BCUT2D eigenvalue weighted by Crippen LogP contribution is -2.13. The fourth-order valence-electron chi connectivity index (χ4n) is 2.46. The number of benzene rings is 2. The predicted octanol–water partition coefficient (Wildman–Crippen LogP) is 4.10. The maximum absolute atomic E-state index is 12.0. The Kier molecular flexibility index (Phi) is 3.82. The first kappa shape index (κ1) is 13.6. The smallest absolute Gasteiger partial charge is 0.275 e. The molecule has 0 unspecified atom stereocenters. The van der Waals surface area contributed by atoms with Crippen LogP contribution < -0.4 is 5.32 Å². The number of carbonyl (C=O) groups is 1. The van der Waals surface area contributed by atoms with Gasteiger partial charge in [0.15, 0.2) is 0 Å². The molecule has 0 atom stereocenters. The van der Waals surface area contributed by atoms with Crippen molar-refractivity contribution in [3.63, 3.8) is 0 Å². The van der Waals surface area contributed by atoms with Gasteiger partial charge in [-0.15, -0.1) is 0 Å². The summed E-state index contributed by atoms with van der Waals surface area (Å²) in [6.07, 6.45) is 3.49. The van der Waals surface area contributed by atoms with Crippen LogP contribution >= 0.6 is 0 Å². The highest BCUT2D eigenvalue weighted by Gasteiger charge is 2.25. The van der Waals surface area contributed by atoms with Gasteiger partial charge in [-0.05, 0) is 36.6 Å². The number of para-hydroxylation sites is 1. The van der Waals surface area contributed by atoms with E-state index >= 15 is 0 Å². The van der Waals surface area contributed by atoms with Crippen molar-refractivity contribution in [3.05, 3.63) is 59.7 Å². The summed E-state index contributed by atoms with van der Waals surface area (Å²) in [5.74, 6) is -0.133. The van der Waals surface area contributed by atoms with Gasteiger partial charge < -0.3 is 5.32 Å². The Morgan fingerprint density at radius 3 is 2.57 bits per heavy atom. The Labute approximate surface area is 124 Å². The first-order valence-corrected chi connectivity index (χ1v) is 7.36. The summed E-state index contributed by atoms with van der Waals surface area (Å²) < 4.78 is 0. The third-order valence-electron chi connectivity index (χ3n) is 3.64. The van der Waals surface area contributed by atoms with Crippen LogP contribution in [0.4, 0.5) is 11.4 Å². The number of carbonyl (C=O) groups excluding carboxylic acids is 1. The molecule has 2 aromatic carbocycles. The highest BCUT2D eigenvalue weighted by atomic mass is 16.2. The van der Waals surface area contributed by atoms with Crippen molar-refractivity contribution in [1.29, 1.82) is 0 Å². The largest absolute Gasteiger partial charge is 0.320 e. The quantitative estimate of drug-likeness (QED) is 0.898. The van der Waals surface area contributed by atoms with Gasteiger partial charge in [-0.2, -0.15) is 0 Å². The highest BCUT2D eigenvalue weighted by molar-refractivity contribution is 6.54. The number of nitrogens with zero attached hydrogens (tertiary/aromatic N) is 1. The van der Waals surface area contributed by atoms with E-state index in [0.717, 1.165) is 23.4 Å². The van der Waals surface area contributed by atoms with Crippen molar-refractivity contribution in [2.75, 3.05) is 5.32 Å². The van der Waals surface area contributed by atoms with E-state index in [4.69, 9.17) is 0 Å². The zero-order chi connectivity index (χ0) is 14.7. The molecular weight excluding hydrogens is 260 g/mol. The Balaban J connectivity index is 1.86. The number of fused-ring (bicyclic) bond motifs is 1. The molecule has 3 heteroatoms. The van der Waals surface area contributed by atoms with Crippen LogP contribution in [0.25, 0.3) is 0 Å². The number of anilines is 1. The van der Waals surface area contributed by atoms with Crippen molar-refractivity contribution in [2.45, 2.75) is 26.2 Å². The van der Waals surface area contributed by atoms with Crippen LogP contribution in [-0.4, -0.2) is 11.6 Å². The fraction of sp³-hybridized carbons (Fsp3) is 0.222. The molecule has 1 amide bonds. The fourth-order valence-corrected chi connectivity index (χ4v) is 2.46. The summed E-state index contributed by atoms with van der Waals surface area (Å²) in [7, 11) is 0. The van der Waals surface area contributed by atoms with E-state index in [1.54, 1.807) is 0 Å². The molecule has 0 radical (unpaired) electrons. The zero-order valence-electron chi connectivity index (χ0n) is 12.1. The van der Waals surface area contributed by atoms with Gasteiger partial charge in [-0.25, -0.2) is 4.99 Å². The summed E-state index contributed by atoms with van der Waals surface area (Å²) >= 11 is 0. The van der Waals surface area contributed by atoms with E-state index in [9.17, 15) is 4.79 Å². The molecule has 1 aliphatic rings. The van der Waals surface area contributed by atoms with Crippen molar-refractivity contribution in [3.8, 4) is 0 Å². The minimum absolute atomic E-state index is 0.133. The lowest BCUT2D eigenvalue weighted by atomic mass is 10.1. The number of unbranched alkanes of at least 4 members (excludes halogenated alkanes) is 1. The predicted molar refractivity (Wildman–Crippen MR) is 86.3 cm³/mol. The molecular formula is C18H18N2O. The van der Waals surface area contributed by atoms with Crippen LogP contribution in [0.15, 0.2) is 53.5 Å². The van der Waals surface area contributed by atoms with Crippen molar-refractivity contribution < 1.29 is 4.79 Å². The van der Waals surface area contributed by atoms with E-state index in [0.29, 0.717) is 5.71 Å². The molecule has 21 heavy (non-hydrogen) atoms. The Bertz CT molecular complexity index is 687. The maximum atomic E-state index is 12.0. The number of aryl methyl sites for hydroxylation is 1. The zero-order valence-corrected chi connectivity index (χ0v) is 12.1. The monoisotopic (exact) mass is 278 g/mol. The van der Waals surface area contributed by atoms with Crippen molar-refractivity contribution >= 4 is 23.0 Å². The molecule has 3 nitrogen and oxygen atoms in total. The number of hydrogen-bond acceptors (Lipinski definition) is 2. The lowest BCUT2D eigenvalue weighted by molar-refractivity contribution is -0.110. The van der Waals surface area contributed by atoms with Gasteiger partial charge in [0.25, 0.3) is 5.91 Å². The van der Waals surface area contributed by atoms with Gasteiger partial charge in [0.1, 0.15) is 5.71 Å². The van der Waals surface area contributed by atoms with Crippen LogP contribution in [0.2, 0.25) is 0 Å². The standard InChI is InChI=1S/C18H18N2O/c1-2-3-6-13-9-11-14(12-10-13)19-17-15-7-4-5-8-16(15)20-18(17)21/h4-5,7-12H,2-3,6H2,1H3,(H,19,20,21). The summed E-state index contributed by atoms with van der Waals surface area (Å²) in [5.41, 5.74) is 4.33. The maximum Gasteiger partial charge on any atom is 0.275 e. The number of hydrogen-bond donors (Lipinski definition) is 1. The second-order valence-electron chi connectivity index (χ2n) is 5.23. The summed E-state index contributed by atoms with van der Waals surface area (Å²) in [6, 6.07) is 15.8. The molecule has 0 bridgehead atoms. The normalized spacial score (nSPS) is 15.1. The van der Waals surface area contributed by atoms with Gasteiger partial charge in [0.05, 0.1) is 11.4 Å². The van der Waals surface area contributed by atoms with Crippen molar-refractivity contribution in [1.82, 2.24) is 0 Å². The minimum atomic E-state index is -0.133. The topological polar surface area (TPSA) is 41.5 Å². The van der Waals surface area contributed by atoms with Gasteiger partial charge in [-0.3, -0.25) is 4.79 Å². The molecule has 0 aliphatic carbocycles. The van der Waals surface area contributed by atoms with E-state index < -0.39 is 0 Å². The number of nitrogens with one attached hydrogen (secondary N) is 1. The molecule has 106 valence electrons. The molecule has 0 fully saturated rings. The van der Waals surface area contributed by atoms with Crippen LogP contribution in [0, 0.1) is 0 Å². The Hall–Kier alpha value is -2.42. The van der Waals surface area contributed by atoms with Gasteiger partial charge in [-0.1, -0.05) is 43.7 Å². The van der Waals surface area contributed by atoms with Crippen LogP contribution in [-0.2, 0) is 11.2 Å². The molecule has 1 heterocycles. The molecule has 0 saturated carbocycles. The summed E-state index contributed by atoms with van der Waals surface area (Å²) in [4.78, 5) is 16.5. The van der Waals surface area contributed by atoms with Gasteiger partial charge >= 0.3 is 0 Å². The average molecular weight is 278 g/mol. The Morgan fingerprint density at radius 2 is 1.81 bits per heavy atom. The molecule has 1 N–H and O–H groups in total. The molecule has 0 saturated heterocycles.